The predicted octanol–water partition coefficient (Wildman–Crippen LogP) is 3.92. The van der Waals surface area contributed by atoms with Crippen molar-refractivity contribution in [2.75, 3.05) is 6.61 Å². The minimum Gasteiger partial charge on any atom is -0.401 e. The van der Waals surface area contributed by atoms with Crippen LogP contribution in [0.25, 0.3) is 0 Å². The maximum absolute atomic E-state index is 11.9. The molecule has 1 heterocycles. The van der Waals surface area contributed by atoms with Gasteiger partial charge in [0.1, 0.15) is 12.4 Å². The molecule has 2 aromatic rings. The van der Waals surface area contributed by atoms with E-state index in [-0.39, 0.29) is 17.1 Å². The Morgan fingerprint density at radius 3 is 1.90 bits per heavy atom. The standard InChI is InChI=1S/C25H34O4Si/c1-19(17-26)23(22-18-27-25(5,6)28-22)29-30(24(2,3)4,20-13-9-7-10-14-20)21-15-11-8-12-16-21/h7-17,19,22-23H,18H2,1-6H3/t19-,22+,23-/m0/s1. The summed E-state index contributed by atoms with van der Waals surface area (Å²) in [5, 5.41) is 2.20. The van der Waals surface area contributed by atoms with Crippen LogP contribution in [0.15, 0.2) is 60.7 Å². The third-order valence-corrected chi connectivity index (χ3v) is 10.9. The summed E-state index contributed by atoms with van der Waals surface area (Å²) in [5.41, 5.74) is 0. The second-order valence-corrected chi connectivity index (χ2v) is 13.9. The van der Waals surface area contributed by atoms with Gasteiger partial charge in [0.2, 0.25) is 0 Å². The van der Waals surface area contributed by atoms with Crippen LogP contribution in [0, 0.1) is 5.92 Å². The first-order valence-corrected chi connectivity index (χ1v) is 12.6. The van der Waals surface area contributed by atoms with Crippen LogP contribution in [0.3, 0.4) is 0 Å². The van der Waals surface area contributed by atoms with Crippen molar-refractivity contribution in [2.24, 2.45) is 5.92 Å². The third kappa shape index (κ3) is 4.44. The Morgan fingerprint density at radius 1 is 1.03 bits per heavy atom. The van der Waals surface area contributed by atoms with Gasteiger partial charge in [0, 0.05) is 5.92 Å². The Balaban J connectivity index is 2.17. The van der Waals surface area contributed by atoms with Crippen LogP contribution < -0.4 is 10.4 Å². The van der Waals surface area contributed by atoms with Gasteiger partial charge in [-0.3, -0.25) is 0 Å². The Bertz CT molecular complexity index is 790. The summed E-state index contributed by atoms with van der Waals surface area (Å²) in [6.45, 7) is 12.8. The lowest BCUT2D eigenvalue weighted by Crippen LogP contribution is -2.69. The molecule has 162 valence electrons. The fourth-order valence-corrected chi connectivity index (χ4v) is 9.16. The number of rotatable bonds is 7. The number of benzene rings is 2. The van der Waals surface area contributed by atoms with Gasteiger partial charge in [-0.1, -0.05) is 88.4 Å². The molecule has 0 unspecified atom stereocenters. The number of hydrogen-bond acceptors (Lipinski definition) is 4. The molecule has 0 aliphatic carbocycles. The lowest BCUT2D eigenvalue weighted by molar-refractivity contribution is -0.154. The fourth-order valence-electron chi connectivity index (χ4n) is 4.37. The van der Waals surface area contributed by atoms with Gasteiger partial charge in [-0.25, -0.2) is 0 Å². The van der Waals surface area contributed by atoms with Crippen LogP contribution in [0.1, 0.15) is 41.5 Å². The zero-order valence-electron chi connectivity index (χ0n) is 18.9. The summed E-state index contributed by atoms with van der Waals surface area (Å²) in [6, 6.07) is 20.9. The van der Waals surface area contributed by atoms with E-state index in [4.69, 9.17) is 13.9 Å². The first-order chi connectivity index (χ1) is 14.1. The molecule has 0 N–H and O–H groups in total. The van der Waals surface area contributed by atoms with E-state index >= 15 is 0 Å². The number of ether oxygens (including phenoxy) is 2. The fraction of sp³-hybridized carbons (Fsp3) is 0.480. The molecule has 0 aromatic heterocycles. The van der Waals surface area contributed by atoms with E-state index in [2.05, 4.69) is 69.3 Å². The van der Waals surface area contributed by atoms with Crippen LogP contribution in [0.2, 0.25) is 5.04 Å². The molecule has 1 aliphatic rings. The predicted molar refractivity (Wildman–Crippen MR) is 123 cm³/mol. The van der Waals surface area contributed by atoms with Gasteiger partial charge in [-0.05, 0) is 29.3 Å². The summed E-state index contributed by atoms with van der Waals surface area (Å²) in [6.07, 6.45) is 0.259. The Morgan fingerprint density at radius 2 is 1.53 bits per heavy atom. The van der Waals surface area contributed by atoms with E-state index in [0.29, 0.717) is 6.61 Å². The molecule has 3 atom stereocenters. The lowest BCUT2D eigenvalue weighted by atomic mass is 10.0. The summed E-state index contributed by atoms with van der Waals surface area (Å²) in [5.74, 6) is -1.01. The van der Waals surface area contributed by atoms with Crippen molar-refractivity contribution in [3.8, 4) is 0 Å². The van der Waals surface area contributed by atoms with Crippen LogP contribution in [-0.4, -0.2) is 39.2 Å². The molecule has 4 nitrogen and oxygen atoms in total. The van der Waals surface area contributed by atoms with Gasteiger partial charge >= 0.3 is 0 Å². The Hall–Kier alpha value is -1.79. The minimum atomic E-state index is -2.80. The van der Waals surface area contributed by atoms with E-state index in [9.17, 15) is 4.79 Å². The maximum Gasteiger partial charge on any atom is 0.261 e. The zero-order chi connectivity index (χ0) is 22.0. The topological polar surface area (TPSA) is 44.8 Å². The highest BCUT2D eigenvalue weighted by molar-refractivity contribution is 6.99. The van der Waals surface area contributed by atoms with Crippen molar-refractivity contribution in [3.05, 3.63) is 60.7 Å². The normalized spacial score (nSPS) is 21.2. The summed E-state index contributed by atoms with van der Waals surface area (Å²) >= 11 is 0. The minimum absolute atomic E-state index is 0.175. The molecular formula is C25H34O4Si. The smallest absolute Gasteiger partial charge is 0.261 e. The number of hydrogen-bond donors (Lipinski definition) is 0. The van der Waals surface area contributed by atoms with Gasteiger partial charge in [0.15, 0.2) is 5.79 Å². The summed E-state index contributed by atoms with van der Waals surface area (Å²) in [7, 11) is -2.80. The average molecular weight is 427 g/mol. The molecule has 3 rings (SSSR count). The van der Waals surface area contributed by atoms with Crippen molar-refractivity contribution in [1.29, 1.82) is 0 Å². The maximum atomic E-state index is 11.9. The first-order valence-electron chi connectivity index (χ1n) is 10.7. The number of carbonyl (C=O) groups is 1. The molecule has 0 bridgehead atoms. The van der Waals surface area contributed by atoms with Crippen molar-refractivity contribution in [2.45, 2.75) is 64.6 Å². The summed E-state index contributed by atoms with van der Waals surface area (Å²) < 4.78 is 19.2. The van der Waals surface area contributed by atoms with Gasteiger partial charge in [-0.2, -0.15) is 0 Å². The Kier molecular flexibility index (Phi) is 6.68. The lowest BCUT2D eigenvalue weighted by Gasteiger charge is -2.46. The van der Waals surface area contributed by atoms with Crippen LogP contribution in [0.4, 0.5) is 0 Å². The molecule has 0 saturated carbocycles. The zero-order valence-corrected chi connectivity index (χ0v) is 19.9. The SMILES string of the molecule is C[C@@H](C=O)[C@H](O[Si](c1ccccc1)(c1ccccc1)C(C)(C)C)[C@H]1COC(C)(C)O1. The van der Waals surface area contributed by atoms with Gasteiger partial charge < -0.3 is 18.7 Å². The van der Waals surface area contributed by atoms with Gasteiger partial charge in [0.05, 0.1) is 12.7 Å². The highest BCUT2D eigenvalue weighted by Gasteiger charge is 2.54. The van der Waals surface area contributed by atoms with E-state index < -0.39 is 20.2 Å². The summed E-state index contributed by atoms with van der Waals surface area (Å²) in [4.78, 5) is 11.9. The molecule has 1 saturated heterocycles. The molecule has 0 spiro atoms. The molecule has 1 aliphatic heterocycles. The molecule has 0 amide bonds. The highest BCUT2D eigenvalue weighted by Crippen LogP contribution is 2.40. The average Bonchev–Trinajstić information content (AvgIpc) is 3.08. The van der Waals surface area contributed by atoms with Crippen LogP contribution in [0.5, 0.6) is 0 Å². The number of aldehydes is 1. The molecule has 30 heavy (non-hydrogen) atoms. The molecule has 5 heteroatoms. The second-order valence-electron chi connectivity index (χ2n) is 9.61. The van der Waals surface area contributed by atoms with Crippen LogP contribution >= 0.6 is 0 Å². The highest BCUT2D eigenvalue weighted by atomic mass is 28.4. The van der Waals surface area contributed by atoms with Crippen LogP contribution in [-0.2, 0) is 18.7 Å². The third-order valence-electron chi connectivity index (χ3n) is 5.86. The van der Waals surface area contributed by atoms with Crippen molar-refractivity contribution in [3.63, 3.8) is 0 Å². The number of carbonyl (C=O) groups excluding carboxylic acids is 1. The van der Waals surface area contributed by atoms with Crippen molar-refractivity contribution in [1.82, 2.24) is 0 Å². The molecule has 2 aromatic carbocycles. The van der Waals surface area contributed by atoms with Crippen molar-refractivity contribution >= 4 is 25.0 Å². The molecular weight excluding hydrogens is 392 g/mol. The Labute approximate surface area is 181 Å². The molecule has 0 radical (unpaired) electrons. The second kappa shape index (κ2) is 8.75. The van der Waals surface area contributed by atoms with E-state index in [1.54, 1.807) is 0 Å². The van der Waals surface area contributed by atoms with Crippen molar-refractivity contribution < 1.29 is 18.7 Å². The van der Waals surface area contributed by atoms with E-state index in [1.807, 2.05) is 32.9 Å². The van der Waals surface area contributed by atoms with E-state index in [1.165, 1.54) is 10.4 Å². The van der Waals surface area contributed by atoms with Gasteiger partial charge in [0.25, 0.3) is 8.32 Å². The largest absolute Gasteiger partial charge is 0.401 e. The molecule has 1 fully saturated rings. The quantitative estimate of drug-likeness (QED) is 0.497. The van der Waals surface area contributed by atoms with E-state index in [0.717, 1.165) is 6.29 Å². The first kappa shape index (κ1) is 22.9. The van der Waals surface area contributed by atoms with Gasteiger partial charge in [-0.15, -0.1) is 0 Å². The monoisotopic (exact) mass is 426 g/mol.